The molecule has 3 aromatic rings. The van der Waals surface area contributed by atoms with E-state index in [1.54, 1.807) is 30.3 Å². The van der Waals surface area contributed by atoms with Gasteiger partial charge in [-0.05, 0) is 25.1 Å². The van der Waals surface area contributed by atoms with Crippen molar-refractivity contribution in [3.05, 3.63) is 77.5 Å². The van der Waals surface area contributed by atoms with Gasteiger partial charge in [0.1, 0.15) is 0 Å². The number of hydrogen-bond acceptors (Lipinski definition) is 1. The zero-order valence-electron chi connectivity index (χ0n) is 12.5. The summed E-state index contributed by atoms with van der Waals surface area (Å²) >= 11 is 0. The van der Waals surface area contributed by atoms with Gasteiger partial charge in [-0.15, -0.1) is 0 Å². The van der Waals surface area contributed by atoms with E-state index < -0.39 is 7.04 Å². The number of para-hydroxylation sites is 1. The number of pyridine rings is 1. The van der Waals surface area contributed by atoms with Gasteiger partial charge in [0.15, 0.2) is 11.2 Å². The molecule has 2 nitrogen and oxygen atoms in total. The van der Waals surface area contributed by atoms with Crippen LogP contribution in [0.2, 0.25) is 0 Å². The van der Waals surface area contributed by atoms with Crippen LogP contribution in [-0.4, -0.2) is 7.04 Å². The zero-order valence-corrected chi connectivity index (χ0v) is 12.5. The molecule has 0 saturated carbocycles. The smallest absolute Gasteiger partial charge is 0.599 e. The van der Waals surface area contributed by atoms with Gasteiger partial charge in [0, 0.05) is 29.2 Å². The fraction of sp³-hybridized carbons (Fsp3) is 0.0556. The number of nitrogens with zero attached hydrogens (tertiary/aromatic N) is 1. The summed E-state index contributed by atoms with van der Waals surface area (Å²) in [5.41, 5.74) is 2.57. The summed E-state index contributed by atoms with van der Waals surface area (Å²) in [5, 5.41) is 0.758. The van der Waals surface area contributed by atoms with Crippen LogP contribution in [0.4, 0.5) is 8.63 Å². The summed E-state index contributed by atoms with van der Waals surface area (Å²) in [6.07, 6.45) is 1.67. The van der Waals surface area contributed by atoms with Crippen LogP contribution in [0, 0.1) is 6.92 Å². The molecule has 4 rings (SSSR count). The molecule has 114 valence electrons. The van der Waals surface area contributed by atoms with Crippen molar-refractivity contribution in [2.24, 2.45) is 0 Å². The number of halogens is 2. The molecule has 1 aliphatic rings. The molecule has 0 aliphatic carbocycles. The van der Waals surface area contributed by atoms with E-state index in [1.165, 1.54) is 0 Å². The molecule has 2 aromatic carbocycles. The van der Waals surface area contributed by atoms with E-state index in [-0.39, 0.29) is 5.76 Å². The van der Waals surface area contributed by atoms with Gasteiger partial charge in [0.2, 0.25) is 0 Å². The standard InChI is InChI=1S/C18H14BF2NO/c1-13-5-4-7-15(11-13)18-12-16-10-9-14-6-2-3-8-17(14)22(16)19(20,21)23-18/h2-12H,1H3. The average molecular weight is 309 g/mol. The molecule has 2 heterocycles. The van der Waals surface area contributed by atoms with Crippen molar-refractivity contribution in [1.82, 2.24) is 0 Å². The van der Waals surface area contributed by atoms with Gasteiger partial charge in [-0.25, -0.2) is 0 Å². The highest BCUT2D eigenvalue weighted by Crippen LogP contribution is 2.29. The van der Waals surface area contributed by atoms with Gasteiger partial charge in [-0.2, -0.15) is 0 Å². The Morgan fingerprint density at radius 2 is 1.78 bits per heavy atom. The molecule has 0 N–H and O–H groups in total. The summed E-state index contributed by atoms with van der Waals surface area (Å²) in [4.78, 5) is 0. The maximum Gasteiger partial charge on any atom is 0.834 e. The van der Waals surface area contributed by atoms with Crippen LogP contribution in [0.1, 0.15) is 16.8 Å². The molecule has 1 aliphatic heterocycles. The molecule has 0 fully saturated rings. The predicted octanol–water partition coefficient (Wildman–Crippen LogP) is 4.19. The van der Waals surface area contributed by atoms with Crippen LogP contribution in [0.15, 0.2) is 60.7 Å². The van der Waals surface area contributed by atoms with Crippen LogP contribution < -0.4 is 4.48 Å². The third-order valence-electron chi connectivity index (χ3n) is 4.06. The van der Waals surface area contributed by atoms with Gasteiger partial charge in [-0.1, -0.05) is 35.9 Å². The second-order valence-electron chi connectivity index (χ2n) is 5.74. The summed E-state index contributed by atoms with van der Waals surface area (Å²) in [5.74, 6) is 0.203. The molecule has 0 radical (unpaired) electrons. The Balaban J connectivity index is 1.96. The Hall–Kier alpha value is -2.69. The first kappa shape index (κ1) is 13.9. The zero-order chi connectivity index (χ0) is 16.0. The van der Waals surface area contributed by atoms with E-state index in [0.29, 0.717) is 16.8 Å². The lowest BCUT2D eigenvalue weighted by Crippen LogP contribution is -2.64. The maximum absolute atomic E-state index is 14.7. The predicted molar refractivity (Wildman–Crippen MR) is 87.6 cm³/mol. The average Bonchev–Trinajstić information content (AvgIpc) is 2.53. The van der Waals surface area contributed by atoms with Crippen LogP contribution in [0.25, 0.3) is 22.7 Å². The largest absolute Gasteiger partial charge is 0.834 e. The second-order valence-corrected chi connectivity index (χ2v) is 5.74. The molecule has 0 unspecified atom stereocenters. The Morgan fingerprint density at radius 1 is 0.957 bits per heavy atom. The van der Waals surface area contributed by atoms with Crippen molar-refractivity contribution in [2.75, 3.05) is 0 Å². The van der Waals surface area contributed by atoms with E-state index in [1.807, 2.05) is 43.3 Å². The lowest BCUT2D eigenvalue weighted by Gasteiger charge is -2.29. The van der Waals surface area contributed by atoms with Crippen molar-refractivity contribution in [1.29, 1.82) is 0 Å². The fourth-order valence-corrected chi connectivity index (χ4v) is 3.02. The highest BCUT2D eigenvalue weighted by atomic mass is 19.3. The Morgan fingerprint density at radius 3 is 2.61 bits per heavy atom. The topological polar surface area (TPSA) is 13.1 Å². The molecule has 5 heteroatoms. The first-order valence-electron chi connectivity index (χ1n) is 7.47. The molecule has 0 amide bonds. The molecular formula is C18H14BF2NO. The minimum atomic E-state index is -4.18. The molecule has 0 atom stereocenters. The molecule has 1 aromatic heterocycles. The summed E-state index contributed by atoms with van der Waals surface area (Å²) in [7, 11) is -4.18. The summed E-state index contributed by atoms with van der Waals surface area (Å²) < 4.78 is 35.5. The lowest BCUT2D eigenvalue weighted by molar-refractivity contribution is -0.556. The maximum atomic E-state index is 14.7. The van der Waals surface area contributed by atoms with Gasteiger partial charge >= 0.3 is 7.04 Å². The quantitative estimate of drug-likeness (QED) is 0.614. The lowest BCUT2D eigenvalue weighted by atomic mass is 9.96. The fourth-order valence-electron chi connectivity index (χ4n) is 3.02. The van der Waals surface area contributed by atoms with E-state index in [4.69, 9.17) is 4.65 Å². The minimum Gasteiger partial charge on any atom is -0.599 e. The summed E-state index contributed by atoms with van der Waals surface area (Å²) in [6, 6.07) is 18.0. The van der Waals surface area contributed by atoms with Crippen molar-refractivity contribution in [3.8, 4) is 0 Å². The molecule has 23 heavy (non-hydrogen) atoms. The number of rotatable bonds is 1. The number of fused-ring (bicyclic) bond motifs is 3. The Kier molecular flexibility index (Phi) is 2.98. The first-order valence-corrected chi connectivity index (χ1v) is 7.47. The van der Waals surface area contributed by atoms with Gasteiger partial charge in [0.25, 0.3) is 0 Å². The van der Waals surface area contributed by atoms with E-state index >= 15 is 0 Å². The van der Waals surface area contributed by atoms with Crippen molar-refractivity contribution in [2.45, 2.75) is 6.92 Å². The molecule has 0 bridgehead atoms. The van der Waals surface area contributed by atoms with Gasteiger partial charge in [-0.3, -0.25) is 0 Å². The number of hydrogen-bond donors (Lipinski definition) is 0. The highest BCUT2D eigenvalue weighted by molar-refractivity contribution is 6.51. The van der Waals surface area contributed by atoms with E-state index in [0.717, 1.165) is 15.4 Å². The first-order chi connectivity index (χ1) is 11.0. The Bertz CT molecular complexity index is 953. The SMILES string of the molecule is Cc1cccc(C2=Cc3ccc4ccccc4[n+]3[B-](F)(F)O2)c1. The normalized spacial score (nSPS) is 15.7. The number of benzene rings is 2. The van der Waals surface area contributed by atoms with Crippen molar-refractivity contribution < 1.29 is 17.8 Å². The van der Waals surface area contributed by atoms with Crippen molar-refractivity contribution >= 4 is 29.8 Å². The van der Waals surface area contributed by atoms with Crippen molar-refractivity contribution in [3.63, 3.8) is 0 Å². The monoisotopic (exact) mass is 309 g/mol. The van der Waals surface area contributed by atoms with Crippen LogP contribution >= 0.6 is 0 Å². The van der Waals surface area contributed by atoms with Crippen LogP contribution in [0.5, 0.6) is 0 Å². The van der Waals surface area contributed by atoms with Crippen LogP contribution in [-0.2, 0) is 4.65 Å². The molecular weight excluding hydrogens is 295 g/mol. The summed E-state index contributed by atoms with van der Waals surface area (Å²) in [6.45, 7) is 1.92. The van der Waals surface area contributed by atoms with E-state index in [9.17, 15) is 8.63 Å². The number of aromatic nitrogens is 1. The van der Waals surface area contributed by atoms with Gasteiger partial charge < -0.3 is 17.8 Å². The Labute approximate surface area is 132 Å². The second kappa shape index (κ2) is 4.91. The highest BCUT2D eigenvalue weighted by Gasteiger charge is 2.50. The molecule has 0 spiro atoms. The third kappa shape index (κ3) is 2.29. The minimum absolute atomic E-state index is 0.203. The van der Waals surface area contributed by atoms with Gasteiger partial charge in [0.05, 0.1) is 5.76 Å². The van der Waals surface area contributed by atoms with E-state index in [2.05, 4.69) is 0 Å². The third-order valence-corrected chi connectivity index (χ3v) is 4.06. The molecule has 0 saturated heterocycles. The number of aryl methyl sites for hydroxylation is 1. The van der Waals surface area contributed by atoms with Crippen LogP contribution in [0.3, 0.4) is 0 Å².